The average molecular weight is 313 g/mol. The summed E-state index contributed by atoms with van der Waals surface area (Å²) in [7, 11) is 0. The van der Waals surface area contributed by atoms with E-state index in [1.54, 1.807) is 0 Å². The lowest BCUT2D eigenvalue weighted by atomic mass is 9.99. The molecule has 3 aromatic carbocycles. The van der Waals surface area contributed by atoms with Gasteiger partial charge in [0, 0.05) is 12.1 Å². The second-order valence-electron chi connectivity index (χ2n) is 5.41. The molecule has 0 amide bonds. The summed E-state index contributed by atoms with van der Waals surface area (Å²) in [5.41, 5.74) is 8.00. The van der Waals surface area contributed by atoms with Gasteiger partial charge in [0.25, 0.3) is 0 Å². The van der Waals surface area contributed by atoms with Crippen LogP contribution in [0.2, 0.25) is 0 Å². The lowest BCUT2D eigenvalue weighted by Crippen LogP contribution is -2.10. The van der Waals surface area contributed by atoms with Gasteiger partial charge in [0.15, 0.2) is 0 Å². The molecule has 0 aliphatic heterocycles. The van der Waals surface area contributed by atoms with Crippen LogP contribution in [0.3, 0.4) is 0 Å². The first-order valence-corrected chi connectivity index (χ1v) is 7.94. The molecule has 2 nitrogen and oxygen atoms in total. The Hall–Kier alpha value is -3.02. The van der Waals surface area contributed by atoms with Gasteiger partial charge in [-0.25, -0.2) is 0 Å². The van der Waals surface area contributed by atoms with Gasteiger partial charge in [0.05, 0.1) is 5.92 Å². The monoisotopic (exact) mass is 313 g/mol. The minimum Gasteiger partial charge on any atom is -0.457 e. The zero-order valence-electron chi connectivity index (χ0n) is 13.4. The van der Waals surface area contributed by atoms with Gasteiger partial charge in [0.1, 0.15) is 11.5 Å². The first-order chi connectivity index (χ1) is 11.8. The van der Waals surface area contributed by atoms with Crippen molar-refractivity contribution in [1.82, 2.24) is 0 Å². The van der Waals surface area contributed by atoms with Crippen molar-refractivity contribution in [3.05, 3.63) is 96.1 Å². The smallest absolute Gasteiger partial charge is 0.127 e. The molecule has 118 valence electrons. The van der Waals surface area contributed by atoms with Crippen LogP contribution in [-0.4, -0.2) is 6.54 Å². The molecule has 0 aliphatic carbocycles. The summed E-state index contributed by atoms with van der Waals surface area (Å²) >= 11 is 0. The molecule has 0 aliphatic rings. The Morgan fingerprint density at radius 1 is 0.750 bits per heavy atom. The summed E-state index contributed by atoms with van der Waals surface area (Å²) in [6.07, 6.45) is 0. The Labute approximate surface area is 142 Å². The summed E-state index contributed by atoms with van der Waals surface area (Å²) in [6, 6.07) is 27.6. The topological polar surface area (TPSA) is 35.2 Å². The van der Waals surface area contributed by atoms with Crippen LogP contribution in [-0.2, 0) is 0 Å². The predicted molar refractivity (Wildman–Crippen MR) is 98.1 cm³/mol. The number of rotatable bonds is 4. The zero-order valence-corrected chi connectivity index (χ0v) is 13.4. The van der Waals surface area contributed by atoms with Gasteiger partial charge in [-0.3, -0.25) is 0 Å². The molecule has 1 unspecified atom stereocenters. The van der Waals surface area contributed by atoms with Gasteiger partial charge in [-0.05, 0) is 42.0 Å². The quantitative estimate of drug-likeness (QED) is 0.716. The molecule has 3 aromatic rings. The van der Waals surface area contributed by atoms with Gasteiger partial charge >= 0.3 is 0 Å². The molecule has 0 radical (unpaired) electrons. The number of para-hydroxylation sites is 1. The first kappa shape index (κ1) is 15.9. The molecule has 3 rings (SSSR count). The van der Waals surface area contributed by atoms with Gasteiger partial charge in [-0.2, -0.15) is 0 Å². The molecule has 1 atom stereocenters. The first-order valence-electron chi connectivity index (χ1n) is 7.94. The third-order valence-electron chi connectivity index (χ3n) is 3.66. The third kappa shape index (κ3) is 4.25. The van der Waals surface area contributed by atoms with Crippen LogP contribution in [0.4, 0.5) is 0 Å². The molecule has 0 fully saturated rings. The molecule has 0 heterocycles. The molecule has 0 saturated carbocycles. The van der Waals surface area contributed by atoms with E-state index in [9.17, 15) is 0 Å². The van der Waals surface area contributed by atoms with Crippen LogP contribution in [0.1, 0.15) is 17.0 Å². The Bertz CT molecular complexity index is 815. The van der Waals surface area contributed by atoms with Crippen LogP contribution in [0.5, 0.6) is 11.5 Å². The number of hydrogen-bond donors (Lipinski definition) is 1. The SMILES string of the molecule is NCC(C#Cc1ccccc1)c1ccc(Oc2ccccc2)cc1. The lowest BCUT2D eigenvalue weighted by molar-refractivity contribution is 0.482. The van der Waals surface area contributed by atoms with E-state index in [1.807, 2.05) is 84.9 Å². The Kier molecular flexibility index (Phi) is 5.29. The van der Waals surface area contributed by atoms with Crippen molar-refractivity contribution in [2.24, 2.45) is 5.73 Å². The highest BCUT2D eigenvalue weighted by Crippen LogP contribution is 2.23. The number of hydrogen-bond acceptors (Lipinski definition) is 2. The van der Waals surface area contributed by atoms with Crippen molar-refractivity contribution in [3.8, 4) is 23.3 Å². The summed E-state index contributed by atoms with van der Waals surface area (Å²) in [5, 5.41) is 0. The minimum atomic E-state index is 0.0102. The summed E-state index contributed by atoms with van der Waals surface area (Å²) in [5.74, 6) is 8.08. The van der Waals surface area contributed by atoms with Crippen LogP contribution < -0.4 is 10.5 Å². The van der Waals surface area contributed by atoms with Gasteiger partial charge in [-0.15, -0.1) is 0 Å². The second-order valence-corrected chi connectivity index (χ2v) is 5.41. The summed E-state index contributed by atoms with van der Waals surface area (Å²) in [6.45, 7) is 0.485. The van der Waals surface area contributed by atoms with Crippen LogP contribution in [0.25, 0.3) is 0 Å². The van der Waals surface area contributed by atoms with Gasteiger partial charge in [0.2, 0.25) is 0 Å². The van der Waals surface area contributed by atoms with Crippen molar-refractivity contribution >= 4 is 0 Å². The average Bonchev–Trinajstić information content (AvgIpc) is 2.65. The normalized spacial score (nSPS) is 11.2. The van der Waals surface area contributed by atoms with Crippen LogP contribution in [0.15, 0.2) is 84.9 Å². The molecule has 0 bridgehead atoms. The maximum absolute atomic E-state index is 5.90. The van der Waals surface area contributed by atoms with E-state index in [1.165, 1.54) is 0 Å². The predicted octanol–water partition coefficient (Wildman–Crippen LogP) is 4.57. The van der Waals surface area contributed by atoms with Crippen molar-refractivity contribution in [1.29, 1.82) is 0 Å². The molecule has 2 N–H and O–H groups in total. The van der Waals surface area contributed by atoms with E-state index < -0.39 is 0 Å². The van der Waals surface area contributed by atoms with E-state index in [2.05, 4.69) is 11.8 Å². The van der Waals surface area contributed by atoms with E-state index in [-0.39, 0.29) is 5.92 Å². The Morgan fingerprint density at radius 3 is 1.96 bits per heavy atom. The lowest BCUT2D eigenvalue weighted by Gasteiger charge is -2.10. The van der Waals surface area contributed by atoms with Crippen molar-refractivity contribution in [2.45, 2.75) is 5.92 Å². The Balaban J connectivity index is 1.73. The van der Waals surface area contributed by atoms with Crippen molar-refractivity contribution < 1.29 is 4.74 Å². The highest BCUT2D eigenvalue weighted by Gasteiger charge is 2.06. The minimum absolute atomic E-state index is 0.0102. The molecule has 24 heavy (non-hydrogen) atoms. The third-order valence-corrected chi connectivity index (χ3v) is 3.66. The number of ether oxygens (including phenoxy) is 1. The largest absolute Gasteiger partial charge is 0.457 e. The van der Waals surface area contributed by atoms with E-state index in [0.717, 1.165) is 22.6 Å². The fourth-order valence-electron chi connectivity index (χ4n) is 2.36. The fourth-order valence-corrected chi connectivity index (χ4v) is 2.36. The van der Waals surface area contributed by atoms with Crippen LogP contribution in [0, 0.1) is 11.8 Å². The number of nitrogens with two attached hydrogens (primary N) is 1. The highest BCUT2D eigenvalue weighted by atomic mass is 16.5. The highest BCUT2D eigenvalue weighted by molar-refractivity contribution is 5.40. The molecule has 2 heteroatoms. The molecular weight excluding hydrogens is 294 g/mol. The van der Waals surface area contributed by atoms with Crippen molar-refractivity contribution in [2.75, 3.05) is 6.54 Å². The fraction of sp³-hybridized carbons (Fsp3) is 0.0909. The summed E-state index contributed by atoms with van der Waals surface area (Å²) < 4.78 is 5.81. The molecular formula is C22H19NO. The molecule has 0 saturated heterocycles. The standard InChI is InChI=1S/C22H19NO/c23-17-20(12-11-18-7-3-1-4-8-18)19-13-15-22(16-14-19)24-21-9-5-2-6-10-21/h1-10,13-16,20H,17,23H2. The maximum Gasteiger partial charge on any atom is 0.127 e. The van der Waals surface area contributed by atoms with Gasteiger partial charge < -0.3 is 10.5 Å². The van der Waals surface area contributed by atoms with E-state index >= 15 is 0 Å². The molecule has 0 aromatic heterocycles. The van der Waals surface area contributed by atoms with E-state index in [0.29, 0.717) is 6.54 Å². The maximum atomic E-state index is 5.90. The second kappa shape index (κ2) is 8.01. The molecule has 0 spiro atoms. The summed E-state index contributed by atoms with van der Waals surface area (Å²) in [4.78, 5) is 0. The van der Waals surface area contributed by atoms with E-state index in [4.69, 9.17) is 10.5 Å². The number of benzene rings is 3. The Morgan fingerprint density at radius 2 is 1.33 bits per heavy atom. The zero-order chi connectivity index (χ0) is 16.6. The van der Waals surface area contributed by atoms with Gasteiger partial charge in [-0.1, -0.05) is 60.4 Å². The van der Waals surface area contributed by atoms with Crippen molar-refractivity contribution in [3.63, 3.8) is 0 Å². The van der Waals surface area contributed by atoms with Crippen LogP contribution >= 0.6 is 0 Å².